The highest BCUT2D eigenvalue weighted by Crippen LogP contribution is 2.46. The van der Waals surface area contributed by atoms with E-state index in [0.717, 1.165) is 146 Å². The molecular formula is C78H98N8O7. The zero-order chi connectivity index (χ0) is 69.1. The zero-order valence-electron chi connectivity index (χ0n) is 58.4. The zero-order valence-corrected chi connectivity index (χ0v) is 58.4. The van der Waals surface area contributed by atoms with Gasteiger partial charge in [-0.25, -0.2) is 0 Å². The fourth-order valence-corrected chi connectivity index (χ4v) is 11.7. The molecule has 0 saturated heterocycles. The van der Waals surface area contributed by atoms with Crippen molar-refractivity contribution in [3.05, 3.63) is 163 Å². The molecule has 4 aliphatic rings. The molecule has 0 fully saturated rings. The van der Waals surface area contributed by atoms with Crippen LogP contribution >= 0.6 is 0 Å². The van der Waals surface area contributed by atoms with Gasteiger partial charge >= 0.3 is 0 Å². The summed E-state index contributed by atoms with van der Waals surface area (Å²) in [4.78, 5) is 16.1. The summed E-state index contributed by atoms with van der Waals surface area (Å²) in [5.74, 6) is 3.49. The van der Waals surface area contributed by atoms with Crippen LogP contribution in [0.1, 0.15) is 178 Å². The molecule has 2 aliphatic heterocycles. The second-order valence-electron chi connectivity index (χ2n) is 26.0. The summed E-state index contributed by atoms with van der Waals surface area (Å²) >= 11 is 0. The highest BCUT2D eigenvalue weighted by molar-refractivity contribution is 5.70. The SMILES string of the molecule is CC1=C(C#N)C(=C(C#N)C#N)OC1(C)C.CCCCN(CCCC)c1ccc(/C=C/C2=C(OC)C(=C/C=C/C3=C(C#N)C(=C(C#N)C#N)OC3(C)C)/CC(C)(C)C2)c(OC)c1.CCCCN(CCCC)c1ccc(/C=C/C2=C(OC)C(=C/C=O)/CC(C)(C)C2)c(OC)c1. The van der Waals surface area contributed by atoms with Crippen molar-refractivity contribution in [2.24, 2.45) is 10.8 Å². The number of ether oxygens (including phenoxy) is 6. The average Bonchev–Trinajstić information content (AvgIpc) is 1.77. The van der Waals surface area contributed by atoms with E-state index in [-0.39, 0.29) is 44.6 Å². The first kappa shape index (κ1) is 76.0. The molecule has 0 atom stereocenters. The van der Waals surface area contributed by atoms with Crippen LogP contribution in [0.2, 0.25) is 0 Å². The maximum Gasteiger partial charge on any atom is 0.172 e. The van der Waals surface area contributed by atoms with E-state index in [1.807, 2.05) is 50.3 Å². The third-order valence-electron chi connectivity index (χ3n) is 16.8. The Kier molecular flexibility index (Phi) is 29.4. The number of nitriles is 6. The van der Waals surface area contributed by atoms with Crippen LogP contribution < -0.4 is 19.3 Å². The van der Waals surface area contributed by atoms with Gasteiger partial charge < -0.3 is 38.2 Å². The monoisotopic (exact) mass is 1260 g/mol. The Balaban J connectivity index is 0.000000337. The molecule has 0 saturated carbocycles. The van der Waals surface area contributed by atoms with Gasteiger partial charge in [0.1, 0.15) is 82.5 Å². The third-order valence-corrected chi connectivity index (χ3v) is 16.8. The molecular weight excluding hydrogens is 1160 g/mol. The standard InChI is InChI=1S/C39H48N4O3.C28H41NO3.C11H9N3O/c1-9-11-20-43(21-12-10-2)32-19-18-28(35(22-32)44-7)16-17-30-24-38(3,4)23-29(36(30)45-8)14-13-15-34-33(27-42)37(31(25-40)26-41)46-39(34,5)6;1-7-9-16-29(17-10-8-2)25-14-13-22(26(19-25)31-5)11-12-23-20-28(3,4)21-24(15-18-30)27(23)32-6;1-7-9(6-14)10(8(4-12)5-13)15-11(7,2)3/h13-19,22H,9-12,20-21,23-24H2,1-8H3;11-15,18-19H,7-10,16-17,20-21H2,1-6H3;1-3H3/b15-13+,17-16+,29-14+;12-11+,24-15+;. The summed E-state index contributed by atoms with van der Waals surface area (Å²) in [6.07, 6.45) is 29.4. The number of hydrogen-bond acceptors (Lipinski definition) is 15. The van der Waals surface area contributed by atoms with Crippen molar-refractivity contribution in [2.45, 2.75) is 178 Å². The number of aldehydes is 1. The number of unbranched alkanes of at least 4 members (excludes halogenated alkanes) is 4. The number of carbonyl (C=O) groups is 1. The number of carbonyl (C=O) groups excluding carboxylic acids is 1. The highest BCUT2D eigenvalue weighted by Gasteiger charge is 2.40. The van der Waals surface area contributed by atoms with Crippen molar-refractivity contribution in [3.63, 3.8) is 0 Å². The molecule has 0 radical (unpaired) electrons. The van der Waals surface area contributed by atoms with E-state index >= 15 is 0 Å². The van der Waals surface area contributed by atoms with Gasteiger partial charge in [0, 0.05) is 66.4 Å². The van der Waals surface area contributed by atoms with E-state index in [1.54, 1.807) is 67.4 Å². The minimum atomic E-state index is -0.869. The van der Waals surface area contributed by atoms with Crippen LogP contribution in [-0.2, 0) is 23.7 Å². The van der Waals surface area contributed by atoms with Gasteiger partial charge in [-0.1, -0.05) is 124 Å². The lowest BCUT2D eigenvalue weighted by atomic mass is 9.74. The maximum absolute atomic E-state index is 11.1. The Morgan fingerprint density at radius 2 is 0.903 bits per heavy atom. The van der Waals surface area contributed by atoms with Gasteiger partial charge in [-0.15, -0.1) is 0 Å². The van der Waals surface area contributed by atoms with Gasteiger partial charge in [-0.05, 0) is 155 Å². The van der Waals surface area contributed by atoms with Gasteiger partial charge in [0.05, 0.1) is 34.0 Å². The van der Waals surface area contributed by atoms with E-state index in [9.17, 15) is 20.6 Å². The topological polar surface area (TPSA) is 222 Å². The van der Waals surface area contributed by atoms with E-state index < -0.39 is 11.2 Å². The fraction of sp³-hybridized carbons (Fsp3) is 0.474. The predicted molar refractivity (Wildman–Crippen MR) is 371 cm³/mol. The maximum atomic E-state index is 11.1. The molecule has 0 amide bonds. The molecule has 2 heterocycles. The number of anilines is 2. The first-order valence-electron chi connectivity index (χ1n) is 32.4. The second kappa shape index (κ2) is 36.0. The van der Waals surface area contributed by atoms with Crippen molar-refractivity contribution >= 4 is 29.8 Å². The van der Waals surface area contributed by atoms with E-state index in [0.29, 0.717) is 5.57 Å². The van der Waals surface area contributed by atoms with Crippen molar-refractivity contribution in [2.75, 3.05) is 64.4 Å². The van der Waals surface area contributed by atoms with Gasteiger partial charge in [0.25, 0.3) is 0 Å². The van der Waals surface area contributed by atoms with Crippen molar-refractivity contribution < 1.29 is 33.2 Å². The summed E-state index contributed by atoms with van der Waals surface area (Å²) in [7, 11) is 6.83. The van der Waals surface area contributed by atoms with E-state index in [1.165, 1.54) is 37.1 Å². The third kappa shape index (κ3) is 20.5. The molecule has 0 unspecified atom stereocenters. The number of nitrogens with zero attached hydrogens (tertiary/aromatic N) is 8. The Labute approximate surface area is 556 Å². The molecule has 2 aromatic carbocycles. The number of allylic oxidation sites excluding steroid dienone is 13. The largest absolute Gasteiger partial charge is 0.496 e. The Hall–Kier alpha value is -9.41. The molecule has 2 aliphatic carbocycles. The molecule has 0 N–H and O–H groups in total. The van der Waals surface area contributed by atoms with E-state index in [4.69, 9.17) is 44.2 Å². The van der Waals surface area contributed by atoms with E-state index in [2.05, 4.69) is 132 Å². The lowest BCUT2D eigenvalue weighted by molar-refractivity contribution is -0.104. The van der Waals surface area contributed by atoms with Crippen LogP contribution in [0.15, 0.2) is 152 Å². The smallest absolute Gasteiger partial charge is 0.172 e. The van der Waals surface area contributed by atoms with Crippen molar-refractivity contribution in [1.29, 1.82) is 31.6 Å². The number of hydrogen-bond donors (Lipinski definition) is 0. The Bertz CT molecular complexity index is 3590. The van der Waals surface area contributed by atoms with Crippen molar-refractivity contribution in [1.82, 2.24) is 0 Å². The molecule has 93 heavy (non-hydrogen) atoms. The fourth-order valence-electron chi connectivity index (χ4n) is 11.7. The minimum absolute atomic E-state index is 0.00833. The molecule has 15 heteroatoms. The second-order valence-corrected chi connectivity index (χ2v) is 26.0. The van der Waals surface area contributed by atoms with Crippen molar-refractivity contribution in [3.8, 4) is 47.9 Å². The first-order chi connectivity index (χ1) is 44.3. The lowest BCUT2D eigenvalue weighted by Gasteiger charge is -2.33. The highest BCUT2D eigenvalue weighted by atomic mass is 16.5. The summed E-state index contributed by atoms with van der Waals surface area (Å²) in [6, 6.07) is 24.2. The van der Waals surface area contributed by atoms with Crippen LogP contribution in [0.25, 0.3) is 12.2 Å². The summed E-state index contributed by atoms with van der Waals surface area (Å²) in [6.45, 7) is 31.0. The summed E-state index contributed by atoms with van der Waals surface area (Å²) < 4.78 is 34.6. The molecule has 492 valence electrons. The van der Waals surface area contributed by atoms with Crippen LogP contribution in [0.3, 0.4) is 0 Å². The van der Waals surface area contributed by atoms with Gasteiger partial charge in [0.15, 0.2) is 22.7 Å². The Morgan fingerprint density at radius 3 is 1.26 bits per heavy atom. The quantitative estimate of drug-likeness (QED) is 0.0512. The van der Waals surface area contributed by atoms with Crippen LogP contribution in [-0.4, -0.2) is 72.1 Å². The molecule has 0 bridgehead atoms. The first-order valence-corrected chi connectivity index (χ1v) is 32.4. The molecule has 0 spiro atoms. The normalized spacial score (nSPS) is 17.6. The molecule has 2 aromatic rings. The minimum Gasteiger partial charge on any atom is -0.496 e. The predicted octanol–water partition coefficient (Wildman–Crippen LogP) is 18.1. The van der Waals surface area contributed by atoms with Gasteiger partial charge in [0.2, 0.25) is 0 Å². The molecule has 6 rings (SSSR count). The number of rotatable bonds is 25. The lowest BCUT2D eigenvalue weighted by Crippen LogP contribution is -2.25. The van der Waals surface area contributed by atoms with Crippen LogP contribution in [0.4, 0.5) is 11.4 Å². The molecule has 15 nitrogen and oxygen atoms in total. The van der Waals surface area contributed by atoms with Gasteiger partial charge in [-0.2, -0.15) is 31.6 Å². The number of benzene rings is 2. The molecule has 0 aromatic heterocycles. The summed E-state index contributed by atoms with van der Waals surface area (Å²) in [5, 5.41) is 55.0. The Morgan fingerprint density at radius 1 is 0.516 bits per heavy atom. The van der Waals surface area contributed by atoms with Crippen LogP contribution in [0.5, 0.6) is 11.5 Å². The van der Waals surface area contributed by atoms with Crippen LogP contribution in [0, 0.1) is 78.8 Å². The number of methoxy groups -OCH3 is 4. The summed E-state index contributed by atoms with van der Waals surface area (Å²) in [5.41, 5.74) is 8.70. The average molecular weight is 1260 g/mol. The van der Waals surface area contributed by atoms with Gasteiger partial charge in [-0.3, -0.25) is 4.79 Å².